The minimum absolute atomic E-state index is 0.0198. The first-order chi connectivity index (χ1) is 11.1. The maximum atomic E-state index is 13.1. The third-order valence-electron chi connectivity index (χ3n) is 3.54. The van der Waals surface area contributed by atoms with E-state index in [1.807, 2.05) is 37.3 Å². The highest BCUT2D eigenvalue weighted by molar-refractivity contribution is 5.76. The molecule has 0 spiro atoms. The molecule has 122 valence electrons. The second kappa shape index (κ2) is 8.27. The lowest BCUT2D eigenvalue weighted by Crippen LogP contribution is -2.31. The molecule has 0 fully saturated rings. The van der Waals surface area contributed by atoms with Crippen molar-refractivity contribution in [1.82, 2.24) is 4.90 Å². The van der Waals surface area contributed by atoms with Crippen LogP contribution in [0.2, 0.25) is 0 Å². The van der Waals surface area contributed by atoms with Gasteiger partial charge in [0.2, 0.25) is 5.91 Å². The van der Waals surface area contributed by atoms with E-state index in [0.29, 0.717) is 31.7 Å². The molecule has 2 rings (SSSR count). The van der Waals surface area contributed by atoms with E-state index in [9.17, 15) is 13.6 Å². The monoisotopic (exact) mass is 318 g/mol. The van der Waals surface area contributed by atoms with Gasteiger partial charge in [0.1, 0.15) is 0 Å². The van der Waals surface area contributed by atoms with Crippen LogP contribution in [0.1, 0.15) is 18.9 Å². The van der Waals surface area contributed by atoms with Gasteiger partial charge in [-0.2, -0.15) is 0 Å². The van der Waals surface area contributed by atoms with Crippen molar-refractivity contribution in [1.29, 1.82) is 0 Å². The maximum Gasteiger partial charge on any atom is 0.224 e. The zero-order valence-corrected chi connectivity index (χ0v) is 13.1. The average molecular weight is 318 g/mol. The van der Waals surface area contributed by atoms with E-state index in [1.54, 1.807) is 4.90 Å². The number of nitrogens with one attached hydrogen (secondary N) is 1. The third kappa shape index (κ3) is 5.06. The second-order valence-electron chi connectivity index (χ2n) is 5.20. The van der Waals surface area contributed by atoms with E-state index in [2.05, 4.69) is 5.32 Å². The van der Waals surface area contributed by atoms with E-state index in [0.717, 1.165) is 17.7 Å². The minimum atomic E-state index is -0.902. The molecule has 1 amide bonds. The van der Waals surface area contributed by atoms with Gasteiger partial charge in [0.05, 0.1) is 0 Å². The van der Waals surface area contributed by atoms with Crippen LogP contribution in [0.3, 0.4) is 0 Å². The summed E-state index contributed by atoms with van der Waals surface area (Å²) in [5.74, 6) is -1.77. The molecular formula is C18H20F2N2O. The van der Waals surface area contributed by atoms with Crippen molar-refractivity contribution in [2.24, 2.45) is 0 Å². The van der Waals surface area contributed by atoms with Gasteiger partial charge in [-0.15, -0.1) is 0 Å². The molecule has 1 N–H and O–H groups in total. The number of hydrogen-bond acceptors (Lipinski definition) is 2. The minimum Gasteiger partial charge on any atom is -0.384 e. The molecule has 0 bridgehead atoms. The molecule has 2 aromatic carbocycles. The summed E-state index contributed by atoms with van der Waals surface area (Å²) in [4.78, 5) is 14.0. The zero-order chi connectivity index (χ0) is 16.7. The van der Waals surface area contributed by atoms with E-state index in [1.165, 1.54) is 6.07 Å². The van der Waals surface area contributed by atoms with Crippen LogP contribution in [0, 0.1) is 11.6 Å². The Morgan fingerprint density at radius 2 is 1.83 bits per heavy atom. The van der Waals surface area contributed by atoms with Crippen LogP contribution in [0.15, 0.2) is 48.5 Å². The molecule has 0 aromatic heterocycles. The Balaban J connectivity index is 1.83. The van der Waals surface area contributed by atoms with Gasteiger partial charge < -0.3 is 10.2 Å². The molecule has 0 unspecified atom stereocenters. The lowest BCUT2D eigenvalue weighted by molar-refractivity contribution is -0.131. The van der Waals surface area contributed by atoms with E-state index in [-0.39, 0.29) is 5.91 Å². The summed E-state index contributed by atoms with van der Waals surface area (Å²) in [6, 6.07) is 13.4. The standard InChI is InChI=1S/C18H20F2N2O/c1-2-22(13-14-6-4-3-5-7-14)18(23)10-11-21-15-8-9-16(19)17(20)12-15/h3-9,12,21H,2,10-11,13H2,1H3. The molecule has 3 nitrogen and oxygen atoms in total. The molecule has 0 radical (unpaired) electrons. The van der Waals surface area contributed by atoms with Crippen molar-refractivity contribution >= 4 is 11.6 Å². The number of anilines is 1. The first-order valence-electron chi connectivity index (χ1n) is 7.60. The Labute approximate surface area is 134 Å². The van der Waals surface area contributed by atoms with Crippen LogP contribution < -0.4 is 5.32 Å². The molecule has 0 atom stereocenters. The van der Waals surface area contributed by atoms with Gasteiger partial charge in [0, 0.05) is 31.7 Å². The van der Waals surface area contributed by atoms with Crippen molar-refractivity contribution in [3.05, 3.63) is 65.7 Å². The number of hydrogen-bond donors (Lipinski definition) is 1. The number of amides is 1. The molecule has 0 aliphatic heterocycles. The molecular weight excluding hydrogens is 298 g/mol. The van der Waals surface area contributed by atoms with Crippen LogP contribution in [0.4, 0.5) is 14.5 Å². The van der Waals surface area contributed by atoms with E-state index in [4.69, 9.17) is 0 Å². The molecule has 0 aliphatic carbocycles. The highest BCUT2D eigenvalue weighted by atomic mass is 19.2. The Morgan fingerprint density at radius 1 is 1.09 bits per heavy atom. The number of carbonyl (C=O) groups excluding carboxylic acids is 1. The summed E-state index contributed by atoms with van der Waals surface area (Å²) in [6.45, 7) is 3.50. The molecule has 2 aromatic rings. The summed E-state index contributed by atoms with van der Waals surface area (Å²) >= 11 is 0. The molecule has 0 aliphatic rings. The lowest BCUT2D eigenvalue weighted by atomic mass is 10.2. The first kappa shape index (κ1) is 16.9. The maximum absolute atomic E-state index is 13.1. The molecule has 5 heteroatoms. The largest absolute Gasteiger partial charge is 0.384 e. The quantitative estimate of drug-likeness (QED) is 0.842. The topological polar surface area (TPSA) is 32.3 Å². The highest BCUT2D eigenvalue weighted by Gasteiger charge is 2.11. The van der Waals surface area contributed by atoms with Crippen molar-refractivity contribution in [2.75, 3.05) is 18.4 Å². The van der Waals surface area contributed by atoms with Gasteiger partial charge in [0.25, 0.3) is 0 Å². The van der Waals surface area contributed by atoms with Crippen molar-refractivity contribution < 1.29 is 13.6 Å². The van der Waals surface area contributed by atoms with E-state index >= 15 is 0 Å². The summed E-state index contributed by atoms with van der Waals surface area (Å²) in [7, 11) is 0. The van der Waals surface area contributed by atoms with Gasteiger partial charge >= 0.3 is 0 Å². The number of halogens is 2. The van der Waals surface area contributed by atoms with Crippen LogP contribution in [-0.4, -0.2) is 23.9 Å². The molecule has 0 saturated carbocycles. The first-order valence-corrected chi connectivity index (χ1v) is 7.60. The zero-order valence-electron chi connectivity index (χ0n) is 13.1. The van der Waals surface area contributed by atoms with Crippen molar-refractivity contribution in [3.63, 3.8) is 0 Å². The SMILES string of the molecule is CCN(Cc1ccccc1)C(=O)CCNc1ccc(F)c(F)c1. The van der Waals surface area contributed by atoms with Gasteiger partial charge in [-0.25, -0.2) is 8.78 Å². The van der Waals surface area contributed by atoms with Gasteiger partial charge in [-0.05, 0) is 30.7 Å². The summed E-state index contributed by atoms with van der Waals surface area (Å²) in [5.41, 5.74) is 1.54. The Bertz CT molecular complexity index is 647. The van der Waals surface area contributed by atoms with E-state index < -0.39 is 11.6 Å². The normalized spacial score (nSPS) is 10.4. The fourth-order valence-electron chi connectivity index (χ4n) is 2.26. The van der Waals surface area contributed by atoms with Crippen LogP contribution in [-0.2, 0) is 11.3 Å². The summed E-state index contributed by atoms with van der Waals surface area (Å²) in [6.07, 6.45) is 0.291. The number of carbonyl (C=O) groups is 1. The number of nitrogens with zero attached hydrogens (tertiary/aromatic N) is 1. The molecule has 0 saturated heterocycles. The average Bonchev–Trinajstić information content (AvgIpc) is 2.56. The Morgan fingerprint density at radius 3 is 2.48 bits per heavy atom. The van der Waals surface area contributed by atoms with Gasteiger partial charge in [-0.1, -0.05) is 30.3 Å². The molecule has 23 heavy (non-hydrogen) atoms. The Hall–Kier alpha value is -2.43. The smallest absolute Gasteiger partial charge is 0.224 e. The summed E-state index contributed by atoms with van der Waals surface area (Å²) < 4.78 is 25.9. The fourth-order valence-corrected chi connectivity index (χ4v) is 2.26. The van der Waals surface area contributed by atoms with Crippen LogP contribution in [0.5, 0.6) is 0 Å². The Kier molecular flexibility index (Phi) is 6.09. The summed E-state index contributed by atoms with van der Waals surface area (Å²) in [5, 5.41) is 2.93. The highest BCUT2D eigenvalue weighted by Crippen LogP contribution is 2.13. The van der Waals surface area contributed by atoms with Gasteiger partial charge in [-0.3, -0.25) is 4.79 Å². The number of rotatable bonds is 7. The third-order valence-corrected chi connectivity index (χ3v) is 3.54. The van der Waals surface area contributed by atoms with Crippen molar-refractivity contribution in [2.45, 2.75) is 19.9 Å². The van der Waals surface area contributed by atoms with Crippen LogP contribution in [0.25, 0.3) is 0 Å². The fraction of sp³-hybridized carbons (Fsp3) is 0.278. The molecule has 0 heterocycles. The van der Waals surface area contributed by atoms with Crippen LogP contribution >= 0.6 is 0 Å². The van der Waals surface area contributed by atoms with Crippen molar-refractivity contribution in [3.8, 4) is 0 Å². The number of benzene rings is 2. The predicted molar refractivity (Wildman–Crippen MR) is 87.0 cm³/mol. The predicted octanol–water partition coefficient (Wildman–Crippen LogP) is 3.82. The lowest BCUT2D eigenvalue weighted by Gasteiger charge is -2.21. The second-order valence-corrected chi connectivity index (χ2v) is 5.20. The van der Waals surface area contributed by atoms with Gasteiger partial charge in [0.15, 0.2) is 11.6 Å².